The van der Waals surface area contributed by atoms with Crippen molar-refractivity contribution < 1.29 is 10.0 Å². The molecule has 0 fully saturated rings. The summed E-state index contributed by atoms with van der Waals surface area (Å²) in [6.45, 7) is 3.14. The molecule has 0 atom stereocenters. The first kappa shape index (κ1) is 15.0. The SMILES string of the molecule is CC(C)(C(=O)Nc1ccc(Cl)cc1I)/C(N)=N/O. The summed E-state index contributed by atoms with van der Waals surface area (Å²) in [6, 6.07) is 5.11. The first-order valence-corrected chi connectivity index (χ1v) is 6.49. The van der Waals surface area contributed by atoms with E-state index in [1.165, 1.54) is 0 Å². The number of amides is 1. The van der Waals surface area contributed by atoms with Crippen molar-refractivity contribution in [3.63, 3.8) is 0 Å². The number of nitrogens with one attached hydrogen (secondary N) is 1. The smallest absolute Gasteiger partial charge is 0.237 e. The van der Waals surface area contributed by atoms with Crippen LogP contribution in [0.2, 0.25) is 5.02 Å². The lowest BCUT2D eigenvalue weighted by Crippen LogP contribution is -2.42. The maximum atomic E-state index is 12.1. The molecule has 7 heteroatoms. The van der Waals surface area contributed by atoms with Gasteiger partial charge in [0.05, 0.1) is 5.69 Å². The number of oxime groups is 1. The van der Waals surface area contributed by atoms with Gasteiger partial charge in [-0.3, -0.25) is 4.79 Å². The van der Waals surface area contributed by atoms with E-state index in [1.807, 2.05) is 0 Å². The van der Waals surface area contributed by atoms with Crippen LogP contribution in [0.1, 0.15) is 13.8 Å². The highest BCUT2D eigenvalue weighted by Gasteiger charge is 2.33. The first-order chi connectivity index (χ1) is 8.28. The van der Waals surface area contributed by atoms with Gasteiger partial charge in [-0.1, -0.05) is 16.8 Å². The zero-order chi connectivity index (χ0) is 13.9. The van der Waals surface area contributed by atoms with Gasteiger partial charge in [0.1, 0.15) is 5.41 Å². The van der Waals surface area contributed by atoms with Crippen LogP contribution in [0.25, 0.3) is 0 Å². The highest BCUT2D eigenvalue weighted by molar-refractivity contribution is 14.1. The number of rotatable bonds is 3. The molecule has 0 heterocycles. The van der Waals surface area contributed by atoms with Gasteiger partial charge in [0, 0.05) is 8.59 Å². The third-order valence-electron chi connectivity index (χ3n) is 2.50. The van der Waals surface area contributed by atoms with Crippen molar-refractivity contribution in [2.75, 3.05) is 5.32 Å². The number of benzene rings is 1. The number of carbonyl (C=O) groups is 1. The molecule has 0 aromatic heterocycles. The predicted octanol–water partition coefficient (Wildman–Crippen LogP) is 2.66. The Morgan fingerprint density at radius 1 is 1.56 bits per heavy atom. The minimum absolute atomic E-state index is 0.149. The van der Waals surface area contributed by atoms with Gasteiger partial charge < -0.3 is 16.3 Å². The number of hydrogen-bond acceptors (Lipinski definition) is 3. The van der Waals surface area contributed by atoms with Gasteiger partial charge in [-0.25, -0.2) is 0 Å². The van der Waals surface area contributed by atoms with E-state index in [4.69, 9.17) is 22.5 Å². The molecule has 5 nitrogen and oxygen atoms in total. The topological polar surface area (TPSA) is 87.7 Å². The van der Waals surface area contributed by atoms with Gasteiger partial charge in [0.15, 0.2) is 5.84 Å². The molecule has 1 amide bonds. The maximum absolute atomic E-state index is 12.1. The summed E-state index contributed by atoms with van der Waals surface area (Å²) in [7, 11) is 0. The Morgan fingerprint density at radius 3 is 2.67 bits per heavy atom. The van der Waals surface area contributed by atoms with Crippen LogP contribution in [0.3, 0.4) is 0 Å². The Hall–Kier alpha value is -1.02. The van der Waals surface area contributed by atoms with E-state index in [9.17, 15) is 4.79 Å². The lowest BCUT2D eigenvalue weighted by atomic mass is 9.91. The van der Waals surface area contributed by atoms with E-state index in [-0.39, 0.29) is 11.7 Å². The molecule has 0 saturated carbocycles. The Morgan fingerprint density at radius 2 is 2.17 bits per heavy atom. The van der Waals surface area contributed by atoms with Crippen LogP contribution in [0.4, 0.5) is 5.69 Å². The van der Waals surface area contributed by atoms with E-state index >= 15 is 0 Å². The third-order valence-corrected chi connectivity index (χ3v) is 3.62. The average Bonchev–Trinajstić information content (AvgIpc) is 2.31. The number of hydrogen-bond donors (Lipinski definition) is 3. The Balaban J connectivity index is 2.95. The van der Waals surface area contributed by atoms with Crippen LogP contribution in [-0.4, -0.2) is 17.0 Å². The quantitative estimate of drug-likeness (QED) is 0.247. The Kier molecular flexibility index (Phi) is 4.80. The largest absolute Gasteiger partial charge is 0.409 e. The first-order valence-electron chi connectivity index (χ1n) is 5.03. The van der Waals surface area contributed by atoms with Crippen molar-refractivity contribution in [3.8, 4) is 0 Å². The summed E-state index contributed by atoms with van der Waals surface area (Å²) < 4.78 is 0.809. The Bertz CT molecular complexity index is 503. The molecule has 18 heavy (non-hydrogen) atoms. The second-order valence-electron chi connectivity index (χ2n) is 4.19. The molecule has 98 valence electrons. The minimum Gasteiger partial charge on any atom is -0.409 e. The van der Waals surface area contributed by atoms with Gasteiger partial charge in [-0.15, -0.1) is 0 Å². The molecule has 4 N–H and O–H groups in total. The van der Waals surface area contributed by atoms with E-state index in [0.717, 1.165) is 3.57 Å². The molecular weight excluding hydrogens is 368 g/mol. The summed E-state index contributed by atoms with van der Waals surface area (Å²) >= 11 is 7.89. The van der Waals surface area contributed by atoms with Crippen LogP contribution in [0, 0.1) is 8.99 Å². The van der Waals surface area contributed by atoms with Crippen LogP contribution in [0.5, 0.6) is 0 Å². The summed E-state index contributed by atoms with van der Waals surface area (Å²) in [4.78, 5) is 12.1. The molecule has 0 aliphatic heterocycles. The lowest BCUT2D eigenvalue weighted by molar-refractivity contribution is -0.121. The number of carbonyl (C=O) groups excluding carboxylic acids is 1. The maximum Gasteiger partial charge on any atom is 0.237 e. The van der Waals surface area contributed by atoms with Crippen molar-refractivity contribution in [3.05, 3.63) is 26.8 Å². The number of halogens is 2. The molecule has 0 saturated heterocycles. The number of amidine groups is 1. The summed E-state index contributed by atoms with van der Waals surface area (Å²) in [5, 5.41) is 14.8. The summed E-state index contributed by atoms with van der Waals surface area (Å²) in [5.41, 5.74) is 5.01. The van der Waals surface area contributed by atoms with Gasteiger partial charge in [0.25, 0.3) is 0 Å². The standard InChI is InChI=1S/C11H13ClIN3O2/c1-11(2,9(14)16-18)10(17)15-8-4-3-6(12)5-7(8)13/h3-5,18H,1-2H3,(H2,14,16)(H,15,17). The summed E-state index contributed by atoms with van der Waals surface area (Å²) in [6.07, 6.45) is 0. The molecule has 0 radical (unpaired) electrons. The second kappa shape index (κ2) is 5.75. The molecule has 0 aliphatic rings. The molecule has 1 rings (SSSR count). The lowest BCUT2D eigenvalue weighted by Gasteiger charge is -2.22. The van der Waals surface area contributed by atoms with Gasteiger partial charge >= 0.3 is 0 Å². The molecule has 0 spiro atoms. The molecule has 0 bridgehead atoms. The molecule has 1 aromatic carbocycles. The van der Waals surface area contributed by atoms with Gasteiger partial charge in [-0.05, 0) is 54.6 Å². The van der Waals surface area contributed by atoms with E-state index in [0.29, 0.717) is 10.7 Å². The van der Waals surface area contributed by atoms with Crippen LogP contribution < -0.4 is 11.1 Å². The molecule has 0 aliphatic carbocycles. The Labute approximate surface area is 124 Å². The highest BCUT2D eigenvalue weighted by atomic mass is 127. The fraction of sp³-hybridized carbons (Fsp3) is 0.273. The third kappa shape index (κ3) is 3.26. The fourth-order valence-corrected chi connectivity index (χ4v) is 2.12. The second-order valence-corrected chi connectivity index (χ2v) is 5.79. The predicted molar refractivity (Wildman–Crippen MR) is 80.0 cm³/mol. The average molecular weight is 382 g/mol. The monoisotopic (exact) mass is 381 g/mol. The molecular formula is C11H13ClIN3O2. The molecule has 1 aromatic rings. The van der Waals surface area contributed by atoms with E-state index in [2.05, 4.69) is 33.1 Å². The van der Waals surface area contributed by atoms with Crippen molar-refractivity contribution in [1.29, 1.82) is 0 Å². The number of nitrogens with two attached hydrogens (primary N) is 1. The van der Waals surface area contributed by atoms with Crippen molar-refractivity contribution in [2.45, 2.75) is 13.8 Å². The highest BCUT2D eigenvalue weighted by Crippen LogP contribution is 2.25. The number of nitrogens with zero attached hydrogens (tertiary/aromatic N) is 1. The van der Waals surface area contributed by atoms with Crippen LogP contribution >= 0.6 is 34.2 Å². The molecule has 0 unspecified atom stereocenters. The fourth-order valence-electron chi connectivity index (χ4n) is 1.11. The van der Waals surface area contributed by atoms with Crippen LogP contribution in [0.15, 0.2) is 23.4 Å². The zero-order valence-corrected chi connectivity index (χ0v) is 12.8. The zero-order valence-electron chi connectivity index (χ0n) is 9.87. The van der Waals surface area contributed by atoms with E-state index in [1.54, 1.807) is 32.0 Å². The van der Waals surface area contributed by atoms with Crippen molar-refractivity contribution >= 4 is 51.6 Å². The minimum atomic E-state index is -1.10. The van der Waals surface area contributed by atoms with E-state index < -0.39 is 5.41 Å². The van der Waals surface area contributed by atoms with Gasteiger partial charge in [-0.2, -0.15) is 0 Å². The normalized spacial score (nSPS) is 12.3. The van der Waals surface area contributed by atoms with Crippen molar-refractivity contribution in [1.82, 2.24) is 0 Å². The van der Waals surface area contributed by atoms with Crippen molar-refractivity contribution in [2.24, 2.45) is 16.3 Å². The van der Waals surface area contributed by atoms with Crippen LogP contribution in [-0.2, 0) is 4.79 Å². The number of anilines is 1. The summed E-state index contributed by atoms with van der Waals surface area (Å²) in [5.74, 6) is -0.512. The van der Waals surface area contributed by atoms with Gasteiger partial charge in [0.2, 0.25) is 5.91 Å².